The van der Waals surface area contributed by atoms with E-state index in [9.17, 15) is 12.8 Å². The molecule has 0 saturated heterocycles. The first kappa shape index (κ1) is 14.5. The molecule has 2 aromatic rings. The lowest BCUT2D eigenvalue weighted by Gasteiger charge is -2.08. The summed E-state index contributed by atoms with van der Waals surface area (Å²) in [4.78, 5) is 0.170. The number of anilines is 1. The maximum absolute atomic E-state index is 12.8. The number of halogens is 1. The summed E-state index contributed by atoms with van der Waals surface area (Å²) < 4.78 is 41.7. The number of sulfonamides is 1. The van der Waals surface area contributed by atoms with Crippen molar-refractivity contribution in [2.75, 3.05) is 4.72 Å². The third-order valence-electron chi connectivity index (χ3n) is 2.98. The molecule has 1 aromatic heterocycles. The van der Waals surface area contributed by atoms with E-state index in [0.29, 0.717) is 23.6 Å². The number of rotatable bonds is 4. The molecule has 0 atom stereocenters. The Kier molecular flexibility index (Phi) is 3.80. The molecule has 0 bridgehead atoms. The summed E-state index contributed by atoms with van der Waals surface area (Å²) in [6.07, 6.45) is 0. The van der Waals surface area contributed by atoms with Gasteiger partial charge in [0.25, 0.3) is 10.0 Å². The molecule has 20 heavy (non-hydrogen) atoms. The summed E-state index contributed by atoms with van der Waals surface area (Å²) in [5, 5.41) is 4.19. The van der Waals surface area contributed by atoms with Crippen LogP contribution in [0, 0.1) is 19.7 Å². The van der Waals surface area contributed by atoms with Crippen LogP contribution in [-0.4, -0.2) is 18.2 Å². The maximum Gasteiger partial charge on any atom is 0.265 e. The average Bonchev–Trinajstić information content (AvgIpc) is 2.67. The Morgan fingerprint density at radius 1 is 1.25 bits per heavy atom. The van der Waals surface area contributed by atoms with Crippen LogP contribution in [0.4, 0.5) is 10.1 Å². The molecule has 108 valence electrons. The lowest BCUT2D eigenvalue weighted by atomic mass is 10.3. The summed E-state index contributed by atoms with van der Waals surface area (Å²) in [7, 11) is -3.73. The molecule has 2 rings (SSSR count). The van der Waals surface area contributed by atoms with Gasteiger partial charge in [-0.25, -0.2) is 12.8 Å². The van der Waals surface area contributed by atoms with Crippen LogP contribution in [0.15, 0.2) is 29.2 Å². The van der Waals surface area contributed by atoms with E-state index in [0.717, 1.165) is 0 Å². The molecule has 0 amide bonds. The zero-order valence-corrected chi connectivity index (χ0v) is 12.3. The minimum Gasteiger partial charge on any atom is -0.280 e. The molecule has 5 nitrogen and oxygen atoms in total. The van der Waals surface area contributed by atoms with Gasteiger partial charge in [0, 0.05) is 12.2 Å². The Balaban J connectivity index is 2.40. The Bertz CT molecular complexity index is 721. The van der Waals surface area contributed by atoms with Crippen LogP contribution in [0.5, 0.6) is 0 Å². The van der Waals surface area contributed by atoms with Crippen molar-refractivity contribution in [1.82, 2.24) is 9.78 Å². The molecule has 0 spiro atoms. The van der Waals surface area contributed by atoms with E-state index < -0.39 is 15.8 Å². The summed E-state index contributed by atoms with van der Waals surface area (Å²) in [5.74, 6) is -0.417. The Hall–Kier alpha value is -1.89. The van der Waals surface area contributed by atoms with Gasteiger partial charge in [0.1, 0.15) is 10.7 Å². The highest BCUT2D eigenvalue weighted by atomic mass is 32.2. The van der Waals surface area contributed by atoms with Crippen LogP contribution in [0.2, 0.25) is 0 Å². The fourth-order valence-corrected chi connectivity index (χ4v) is 3.57. The normalized spacial score (nSPS) is 11.6. The van der Waals surface area contributed by atoms with Crippen molar-refractivity contribution in [3.63, 3.8) is 0 Å². The van der Waals surface area contributed by atoms with Gasteiger partial charge in [-0.1, -0.05) is 0 Å². The number of hydrogen-bond acceptors (Lipinski definition) is 3. The molecular weight excluding hydrogens is 281 g/mol. The quantitative estimate of drug-likeness (QED) is 0.943. The number of aryl methyl sites for hydroxylation is 2. The van der Waals surface area contributed by atoms with Crippen LogP contribution >= 0.6 is 0 Å². The second kappa shape index (κ2) is 5.24. The van der Waals surface area contributed by atoms with Gasteiger partial charge in [-0.2, -0.15) is 5.10 Å². The van der Waals surface area contributed by atoms with Gasteiger partial charge in [0.15, 0.2) is 0 Å². The monoisotopic (exact) mass is 297 g/mol. The third-order valence-corrected chi connectivity index (χ3v) is 4.61. The molecule has 1 N–H and O–H groups in total. The molecule has 7 heteroatoms. The van der Waals surface area contributed by atoms with E-state index in [-0.39, 0.29) is 4.90 Å². The zero-order valence-electron chi connectivity index (χ0n) is 11.5. The van der Waals surface area contributed by atoms with Gasteiger partial charge in [0.05, 0.1) is 11.4 Å². The summed E-state index contributed by atoms with van der Waals surface area (Å²) in [6.45, 7) is 5.85. The van der Waals surface area contributed by atoms with Crippen LogP contribution < -0.4 is 4.72 Å². The summed E-state index contributed by atoms with van der Waals surface area (Å²) in [6, 6.07) is 5.16. The fraction of sp³-hybridized carbons (Fsp3) is 0.308. The Labute approximate surface area is 117 Å². The largest absolute Gasteiger partial charge is 0.280 e. The number of hydrogen-bond donors (Lipinski definition) is 1. The minimum absolute atomic E-state index is 0.170. The summed E-state index contributed by atoms with van der Waals surface area (Å²) >= 11 is 0. The second-order valence-electron chi connectivity index (χ2n) is 4.43. The molecule has 0 aliphatic carbocycles. The van der Waals surface area contributed by atoms with E-state index in [1.165, 1.54) is 24.3 Å². The highest BCUT2D eigenvalue weighted by molar-refractivity contribution is 7.92. The molecule has 0 aliphatic heterocycles. The van der Waals surface area contributed by atoms with Crippen LogP contribution in [0.3, 0.4) is 0 Å². The van der Waals surface area contributed by atoms with Gasteiger partial charge >= 0.3 is 0 Å². The first-order valence-corrected chi connectivity index (χ1v) is 7.66. The van der Waals surface area contributed by atoms with Crippen molar-refractivity contribution >= 4 is 15.7 Å². The van der Waals surface area contributed by atoms with E-state index in [1.54, 1.807) is 18.5 Å². The Morgan fingerprint density at radius 3 is 2.35 bits per heavy atom. The average molecular weight is 297 g/mol. The van der Waals surface area contributed by atoms with Crippen molar-refractivity contribution in [2.45, 2.75) is 32.2 Å². The van der Waals surface area contributed by atoms with Crippen molar-refractivity contribution in [1.29, 1.82) is 0 Å². The van der Waals surface area contributed by atoms with E-state index >= 15 is 0 Å². The first-order valence-electron chi connectivity index (χ1n) is 6.17. The smallest absolute Gasteiger partial charge is 0.265 e. The number of benzene rings is 1. The van der Waals surface area contributed by atoms with Gasteiger partial charge < -0.3 is 0 Å². The lowest BCUT2D eigenvalue weighted by Crippen LogP contribution is -2.15. The first-order chi connectivity index (χ1) is 9.35. The van der Waals surface area contributed by atoms with Crippen molar-refractivity contribution < 1.29 is 12.8 Å². The number of nitrogens with one attached hydrogen (secondary N) is 1. The van der Waals surface area contributed by atoms with E-state index in [2.05, 4.69) is 9.82 Å². The van der Waals surface area contributed by atoms with Gasteiger partial charge in [-0.15, -0.1) is 0 Å². The molecule has 0 fully saturated rings. The van der Waals surface area contributed by atoms with Crippen LogP contribution in [0.25, 0.3) is 0 Å². The lowest BCUT2D eigenvalue weighted by molar-refractivity contribution is 0.598. The maximum atomic E-state index is 12.8. The predicted molar refractivity (Wildman–Crippen MR) is 74.6 cm³/mol. The second-order valence-corrected chi connectivity index (χ2v) is 6.05. The van der Waals surface area contributed by atoms with Crippen molar-refractivity contribution in [2.24, 2.45) is 0 Å². The number of nitrogens with zero attached hydrogens (tertiary/aromatic N) is 2. The minimum atomic E-state index is -3.73. The molecular formula is C13H16FN3O2S. The highest BCUT2D eigenvalue weighted by Gasteiger charge is 2.24. The third kappa shape index (κ3) is 2.67. The Morgan fingerprint density at radius 2 is 1.85 bits per heavy atom. The van der Waals surface area contributed by atoms with Gasteiger partial charge in [-0.3, -0.25) is 9.40 Å². The van der Waals surface area contributed by atoms with Crippen molar-refractivity contribution in [3.8, 4) is 0 Å². The SMILES string of the molecule is CCn1nc(C)c(S(=O)(=O)Nc2ccc(F)cc2)c1C. The van der Waals surface area contributed by atoms with Gasteiger partial charge in [-0.05, 0) is 45.0 Å². The highest BCUT2D eigenvalue weighted by Crippen LogP contribution is 2.22. The van der Waals surface area contributed by atoms with Crippen LogP contribution in [-0.2, 0) is 16.6 Å². The van der Waals surface area contributed by atoms with E-state index in [1.807, 2.05) is 6.92 Å². The molecule has 1 heterocycles. The standard InChI is InChI=1S/C13H16FN3O2S/c1-4-17-10(3)13(9(2)15-17)20(18,19)16-12-7-5-11(14)6-8-12/h5-8,16H,4H2,1-3H3. The topological polar surface area (TPSA) is 64.0 Å². The number of aromatic nitrogens is 2. The summed E-state index contributed by atoms with van der Waals surface area (Å²) in [5.41, 5.74) is 1.34. The fourth-order valence-electron chi connectivity index (χ4n) is 2.10. The van der Waals surface area contributed by atoms with E-state index in [4.69, 9.17) is 0 Å². The van der Waals surface area contributed by atoms with Gasteiger partial charge in [0.2, 0.25) is 0 Å². The predicted octanol–water partition coefficient (Wildman–Crippen LogP) is 2.46. The zero-order chi connectivity index (χ0) is 14.9. The molecule has 0 saturated carbocycles. The molecule has 0 aliphatic rings. The molecule has 1 aromatic carbocycles. The van der Waals surface area contributed by atoms with Crippen LogP contribution in [0.1, 0.15) is 18.3 Å². The van der Waals surface area contributed by atoms with Crippen molar-refractivity contribution in [3.05, 3.63) is 41.5 Å². The molecule has 0 unspecified atom stereocenters. The molecule has 0 radical (unpaired) electrons.